The van der Waals surface area contributed by atoms with Crippen LogP contribution in [0.4, 0.5) is 0 Å². The van der Waals surface area contributed by atoms with Gasteiger partial charge in [0.25, 0.3) is 0 Å². The Morgan fingerprint density at radius 3 is 2.71 bits per heavy atom. The minimum absolute atomic E-state index is 0.151. The Labute approximate surface area is 177 Å². The second-order valence-electron chi connectivity index (χ2n) is 7.42. The second kappa shape index (κ2) is 6.95. The molecule has 0 fully saturated rings. The van der Waals surface area contributed by atoms with Crippen molar-refractivity contribution >= 4 is 27.6 Å². The highest BCUT2D eigenvalue weighted by atomic mass is 16.7. The number of hydrogen-bond acceptors (Lipinski definition) is 5. The van der Waals surface area contributed by atoms with Gasteiger partial charge in [0.1, 0.15) is 5.82 Å². The number of aromatic nitrogens is 3. The van der Waals surface area contributed by atoms with E-state index in [4.69, 9.17) is 14.5 Å². The zero-order valence-electron chi connectivity index (χ0n) is 16.5. The molecule has 0 unspecified atom stereocenters. The molecule has 0 saturated carbocycles. The molecule has 3 heterocycles. The van der Waals surface area contributed by atoms with Crippen molar-refractivity contribution in [3.05, 3.63) is 90.4 Å². The third-order valence-electron chi connectivity index (χ3n) is 5.46. The summed E-state index contributed by atoms with van der Waals surface area (Å²) in [6, 6.07) is 23.4. The maximum Gasteiger partial charge on any atom is 0.231 e. The van der Waals surface area contributed by atoms with E-state index in [-0.39, 0.29) is 24.8 Å². The monoisotopic (exact) mass is 407 g/mol. The molecule has 0 bridgehead atoms. The first-order valence-corrected chi connectivity index (χ1v) is 10.0. The van der Waals surface area contributed by atoms with Gasteiger partial charge in [0.2, 0.25) is 12.6 Å². The van der Waals surface area contributed by atoms with Crippen LogP contribution in [0.3, 0.4) is 0 Å². The Bertz CT molecular complexity index is 1470. The molecular formula is C25H17N3O3. The van der Waals surface area contributed by atoms with Crippen LogP contribution in [0.2, 0.25) is 0 Å². The highest BCUT2D eigenvalue weighted by molar-refractivity contribution is 5.98. The number of benzene rings is 3. The normalized spacial score (nSPS) is 12.5. The molecule has 6 nitrogen and oxygen atoms in total. The van der Waals surface area contributed by atoms with Crippen molar-refractivity contribution < 1.29 is 14.3 Å². The van der Waals surface area contributed by atoms with Crippen molar-refractivity contribution in [2.45, 2.75) is 6.42 Å². The fraction of sp³-hybridized carbons (Fsp3) is 0.0800. The van der Waals surface area contributed by atoms with Gasteiger partial charge in [-0.2, -0.15) is 0 Å². The van der Waals surface area contributed by atoms with Crippen LogP contribution in [0.15, 0.2) is 79.0 Å². The maximum atomic E-state index is 13.1. The highest BCUT2D eigenvalue weighted by Gasteiger charge is 2.19. The number of carbonyl (C=O) groups is 1. The molecule has 0 amide bonds. The number of para-hydroxylation sites is 2. The van der Waals surface area contributed by atoms with E-state index in [1.807, 2.05) is 77.5 Å². The van der Waals surface area contributed by atoms with Crippen LogP contribution in [0, 0.1) is 0 Å². The fourth-order valence-electron chi connectivity index (χ4n) is 3.95. The predicted molar refractivity (Wildman–Crippen MR) is 117 cm³/mol. The number of ketones is 1. The SMILES string of the molecule is O=C(Cc1ccc2c(c1)OCO2)c1nc(-n2ccc3ccccc32)c2ccccc2n1. The van der Waals surface area contributed by atoms with Crippen LogP contribution < -0.4 is 9.47 Å². The quantitative estimate of drug-likeness (QED) is 0.403. The summed E-state index contributed by atoms with van der Waals surface area (Å²) in [7, 11) is 0. The summed E-state index contributed by atoms with van der Waals surface area (Å²) in [5.74, 6) is 2.09. The molecule has 1 aliphatic heterocycles. The van der Waals surface area contributed by atoms with Crippen molar-refractivity contribution in [1.82, 2.24) is 14.5 Å². The van der Waals surface area contributed by atoms with E-state index in [2.05, 4.69) is 11.1 Å². The van der Waals surface area contributed by atoms with E-state index in [1.165, 1.54) is 0 Å². The largest absolute Gasteiger partial charge is 0.454 e. The smallest absolute Gasteiger partial charge is 0.231 e. The van der Waals surface area contributed by atoms with Crippen LogP contribution in [-0.4, -0.2) is 27.1 Å². The molecule has 3 aromatic carbocycles. The number of ether oxygens (including phenoxy) is 2. The zero-order valence-corrected chi connectivity index (χ0v) is 16.5. The predicted octanol–water partition coefficient (Wildman–Crippen LogP) is 4.73. The third kappa shape index (κ3) is 3.00. The standard InChI is InChI=1S/C25H17N3O3/c29-21(13-16-9-10-22-23(14-16)31-15-30-22)24-26-19-7-3-2-6-18(19)25(27-24)28-12-11-17-5-1-4-8-20(17)28/h1-12,14H,13,15H2. The summed E-state index contributed by atoms with van der Waals surface area (Å²) in [4.78, 5) is 22.4. The van der Waals surface area contributed by atoms with Gasteiger partial charge >= 0.3 is 0 Å². The number of fused-ring (bicyclic) bond motifs is 3. The van der Waals surface area contributed by atoms with Crippen LogP contribution in [-0.2, 0) is 6.42 Å². The molecule has 6 rings (SSSR count). The lowest BCUT2D eigenvalue weighted by Crippen LogP contribution is -2.12. The average Bonchev–Trinajstić information content (AvgIpc) is 3.45. The van der Waals surface area contributed by atoms with Gasteiger partial charge < -0.3 is 14.0 Å². The van der Waals surface area contributed by atoms with Gasteiger partial charge in [0.15, 0.2) is 17.3 Å². The molecule has 150 valence electrons. The van der Waals surface area contributed by atoms with E-state index in [1.54, 1.807) is 0 Å². The van der Waals surface area contributed by atoms with Gasteiger partial charge in [0, 0.05) is 18.0 Å². The number of hydrogen-bond donors (Lipinski definition) is 0. The van der Waals surface area contributed by atoms with Crippen molar-refractivity contribution in [1.29, 1.82) is 0 Å². The molecule has 6 heteroatoms. The van der Waals surface area contributed by atoms with Gasteiger partial charge in [-0.3, -0.25) is 4.79 Å². The molecular weight excluding hydrogens is 390 g/mol. The molecule has 2 aromatic heterocycles. The summed E-state index contributed by atoms with van der Waals surface area (Å²) < 4.78 is 12.8. The van der Waals surface area contributed by atoms with Crippen molar-refractivity contribution in [2.24, 2.45) is 0 Å². The molecule has 31 heavy (non-hydrogen) atoms. The molecule has 0 radical (unpaired) electrons. The van der Waals surface area contributed by atoms with Crippen LogP contribution >= 0.6 is 0 Å². The number of Topliss-reactive ketones (excluding diaryl/α,β-unsaturated/α-hetero) is 1. The summed E-state index contributed by atoms with van der Waals surface area (Å²) in [6.07, 6.45) is 2.16. The summed E-state index contributed by atoms with van der Waals surface area (Å²) in [5.41, 5.74) is 2.60. The Morgan fingerprint density at radius 1 is 0.903 bits per heavy atom. The fourth-order valence-corrected chi connectivity index (χ4v) is 3.95. The van der Waals surface area contributed by atoms with Gasteiger partial charge in [0.05, 0.1) is 11.0 Å². The molecule has 0 atom stereocenters. The molecule has 0 saturated heterocycles. The van der Waals surface area contributed by atoms with Gasteiger partial charge in [-0.1, -0.05) is 36.4 Å². The maximum absolute atomic E-state index is 13.1. The van der Waals surface area contributed by atoms with Gasteiger partial charge in [-0.15, -0.1) is 0 Å². The molecule has 5 aromatic rings. The summed E-state index contributed by atoms with van der Waals surface area (Å²) >= 11 is 0. The van der Waals surface area contributed by atoms with Crippen LogP contribution in [0.25, 0.3) is 27.6 Å². The minimum Gasteiger partial charge on any atom is -0.454 e. The first-order valence-electron chi connectivity index (χ1n) is 10.0. The summed E-state index contributed by atoms with van der Waals surface area (Å²) in [5, 5.41) is 2.00. The van der Waals surface area contributed by atoms with Gasteiger partial charge in [-0.25, -0.2) is 9.97 Å². The molecule has 0 N–H and O–H groups in total. The Hall–Kier alpha value is -4.19. The second-order valence-corrected chi connectivity index (χ2v) is 7.42. The lowest BCUT2D eigenvalue weighted by atomic mass is 10.1. The van der Waals surface area contributed by atoms with Gasteiger partial charge in [-0.05, 0) is 47.3 Å². The summed E-state index contributed by atoms with van der Waals surface area (Å²) in [6.45, 7) is 0.203. The number of rotatable bonds is 4. The van der Waals surface area contributed by atoms with E-state index in [0.717, 1.165) is 27.4 Å². The lowest BCUT2D eigenvalue weighted by Gasteiger charge is -2.11. The van der Waals surface area contributed by atoms with E-state index >= 15 is 0 Å². The molecule has 0 aliphatic carbocycles. The number of nitrogens with zero attached hydrogens (tertiary/aromatic N) is 3. The molecule has 0 spiro atoms. The molecule has 1 aliphatic rings. The average molecular weight is 407 g/mol. The van der Waals surface area contributed by atoms with Crippen LogP contribution in [0.5, 0.6) is 11.5 Å². The Morgan fingerprint density at radius 2 is 1.74 bits per heavy atom. The van der Waals surface area contributed by atoms with Crippen molar-refractivity contribution in [2.75, 3.05) is 6.79 Å². The first kappa shape index (κ1) is 17.7. The Balaban J connectivity index is 1.45. The zero-order chi connectivity index (χ0) is 20.8. The van der Waals surface area contributed by atoms with E-state index in [0.29, 0.717) is 17.3 Å². The van der Waals surface area contributed by atoms with E-state index < -0.39 is 0 Å². The third-order valence-corrected chi connectivity index (χ3v) is 5.46. The lowest BCUT2D eigenvalue weighted by molar-refractivity contribution is 0.0983. The highest BCUT2D eigenvalue weighted by Crippen LogP contribution is 2.33. The number of carbonyl (C=O) groups excluding carboxylic acids is 1. The Kier molecular flexibility index (Phi) is 3.96. The first-order chi connectivity index (χ1) is 15.3. The van der Waals surface area contributed by atoms with Crippen LogP contribution in [0.1, 0.15) is 16.2 Å². The minimum atomic E-state index is -0.151. The van der Waals surface area contributed by atoms with E-state index in [9.17, 15) is 4.79 Å². The topological polar surface area (TPSA) is 66.2 Å². The van der Waals surface area contributed by atoms with Crippen molar-refractivity contribution in [3.8, 4) is 17.3 Å². The van der Waals surface area contributed by atoms with Crippen molar-refractivity contribution in [3.63, 3.8) is 0 Å².